The molecule has 0 atom stereocenters. The number of nitrogens with one attached hydrogen (secondary N) is 1. The van der Waals surface area contributed by atoms with E-state index < -0.39 is 5.82 Å². The number of nitrogens with zero attached hydrogens (tertiary/aromatic N) is 1. The van der Waals surface area contributed by atoms with Crippen molar-refractivity contribution in [2.45, 2.75) is 13.5 Å². The summed E-state index contributed by atoms with van der Waals surface area (Å²) in [4.78, 5) is 4.24. The Morgan fingerprint density at radius 1 is 1.28 bits per heavy atom. The van der Waals surface area contributed by atoms with E-state index in [2.05, 4.69) is 10.3 Å². The highest BCUT2D eigenvalue weighted by molar-refractivity contribution is 5.31. The molecule has 0 unspecified atom stereocenters. The number of aromatic nitrogens is 1. The third kappa shape index (κ3) is 3.05. The SMILES string of the molecule is CNCc1cc(C)nc(Oc2ccccc2F)c1. The number of para-hydroxylation sites is 1. The van der Waals surface area contributed by atoms with E-state index in [9.17, 15) is 4.39 Å². The summed E-state index contributed by atoms with van der Waals surface area (Å²) in [6, 6.07) is 10.1. The van der Waals surface area contributed by atoms with Gasteiger partial charge in [0.2, 0.25) is 5.88 Å². The fraction of sp³-hybridized carbons (Fsp3) is 0.214. The highest BCUT2D eigenvalue weighted by Crippen LogP contribution is 2.23. The van der Waals surface area contributed by atoms with Gasteiger partial charge in [0.25, 0.3) is 0 Å². The van der Waals surface area contributed by atoms with Crippen molar-refractivity contribution in [3.8, 4) is 11.6 Å². The molecule has 0 saturated carbocycles. The van der Waals surface area contributed by atoms with Crippen LogP contribution in [0.15, 0.2) is 36.4 Å². The molecule has 0 saturated heterocycles. The predicted molar refractivity (Wildman–Crippen MR) is 68.2 cm³/mol. The van der Waals surface area contributed by atoms with Gasteiger partial charge in [-0.25, -0.2) is 9.37 Å². The minimum Gasteiger partial charge on any atom is -0.436 e. The molecule has 0 amide bonds. The zero-order valence-electron chi connectivity index (χ0n) is 10.4. The lowest BCUT2D eigenvalue weighted by Gasteiger charge is -2.08. The van der Waals surface area contributed by atoms with Crippen LogP contribution in [0.5, 0.6) is 11.6 Å². The monoisotopic (exact) mass is 246 g/mol. The van der Waals surface area contributed by atoms with E-state index in [0.717, 1.165) is 17.8 Å². The van der Waals surface area contributed by atoms with Crippen molar-refractivity contribution < 1.29 is 9.13 Å². The van der Waals surface area contributed by atoms with Crippen molar-refractivity contribution >= 4 is 0 Å². The quantitative estimate of drug-likeness (QED) is 0.900. The molecular weight excluding hydrogens is 231 g/mol. The van der Waals surface area contributed by atoms with E-state index in [0.29, 0.717) is 5.88 Å². The second kappa shape index (κ2) is 5.60. The molecule has 2 aromatic rings. The molecule has 94 valence electrons. The van der Waals surface area contributed by atoms with Gasteiger partial charge < -0.3 is 10.1 Å². The van der Waals surface area contributed by atoms with Crippen LogP contribution in [0.2, 0.25) is 0 Å². The fourth-order valence-corrected chi connectivity index (χ4v) is 1.71. The molecule has 0 bridgehead atoms. The van der Waals surface area contributed by atoms with Gasteiger partial charge in [0, 0.05) is 18.3 Å². The molecule has 4 heteroatoms. The van der Waals surface area contributed by atoms with Crippen LogP contribution in [0.4, 0.5) is 4.39 Å². The van der Waals surface area contributed by atoms with Crippen LogP contribution in [-0.2, 0) is 6.54 Å². The summed E-state index contributed by atoms with van der Waals surface area (Å²) in [6.07, 6.45) is 0. The Kier molecular flexibility index (Phi) is 3.89. The molecule has 1 N–H and O–H groups in total. The number of pyridine rings is 1. The molecule has 0 spiro atoms. The van der Waals surface area contributed by atoms with Crippen LogP contribution in [0.1, 0.15) is 11.3 Å². The number of hydrogen-bond donors (Lipinski definition) is 1. The second-order valence-corrected chi connectivity index (χ2v) is 4.02. The smallest absolute Gasteiger partial charge is 0.219 e. The van der Waals surface area contributed by atoms with Crippen LogP contribution < -0.4 is 10.1 Å². The molecule has 3 nitrogen and oxygen atoms in total. The zero-order chi connectivity index (χ0) is 13.0. The molecule has 0 fully saturated rings. The average Bonchev–Trinajstić information content (AvgIpc) is 2.32. The standard InChI is InChI=1S/C14H15FN2O/c1-10-7-11(9-16-2)8-14(17-10)18-13-6-4-3-5-12(13)15/h3-8,16H,9H2,1-2H3. The van der Waals surface area contributed by atoms with Gasteiger partial charge in [-0.05, 0) is 37.7 Å². The van der Waals surface area contributed by atoms with Crippen molar-refractivity contribution in [2.24, 2.45) is 0 Å². The van der Waals surface area contributed by atoms with Gasteiger partial charge in [0.15, 0.2) is 11.6 Å². The summed E-state index contributed by atoms with van der Waals surface area (Å²) in [5.74, 6) is 0.201. The molecule has 0 aliphatic rings. The highest BCUT2D eigenvalue weighted by Gasteiger charge is 2.06. The number of rotatable bonds is 4. The molecule has 2 rings (SSSR count). The van der Waals surface area contributed by atoms with E-state index in [4.69, 9.17) is 4.74 Å². The molecule has 1 heterocycles. The number of halogens is 1. The van der Waals surface area contributed by atoms with Gasteiger partial charge in [0.1, 0.15) is 0 Å². The van der Waals surface area contributed by atoms with Crippen molar-refractivity contribution in [3.05, 3.63) is 53.5 Å². The predicted octanol–water partition coefficient (Wildman–Crippen LogP) is 3.04. The molecular formula is C14H15FN2O. The van der Waals surface area contributed by atoms with Gasteiger partial charge in [-0.3, -0.25) is 0 Å². The Morgan fingerprint density at radius 3 is 2.78 bits per heavy atom. The lowest BCUT2D eigenvalue weighted by Crippen LogP contribution is -2.06. The molecule has 1 aromatic carbocycles. The lowest BCUT2D eigenvalue weighted by molar-refractivity contribution is 0.426. The fourth-order valence-electron chi connectivity index (χ4n) is 1.71. The molecule has 1 aromatic heterocycles. The second-order valence-electron chi connectivity index (χ2n) is 4.02. The largest absolute Gasteiger partial charge is 0.436 e. The summed E-state index contributed by atoms with van der Waals surface area (Å²) >= 11 is 0. The van der Waals surface area contributed by atoms with Crippen molar-refractivity contribution in [2.75, 3.05) is 7.05 Å². The third-order valence-corrected chi connectivity index (χ3v) is 2.42. The van der Waals surface area contributed by atoms with Crippen LogP contribution in [0.3, 0.4) is 0 Å². The number of aryl methyl sites for hydroxylation is 1. The maximum Gasteiger partial charge on any atom is 0.219 e. The maximum atomic E-state index is 13.5. The van der Waals surface area contributed by atoms with Crippen LogP contribution in [0, 0.1) is 12.7 Å². The van der Waals surface area contributed by atoms with Gasteiger partial charge >= 0.3 is 0 Å². The first-order valence-electron chi connectivity index (χ1n) is 5.73. The van der Waals surface area contributed by atoms with Crippen LogP contribution >= 0.6 is 0 Å². The van der Waals surface area contributed by atoms with E-state index in [1.807, 2.05) is 20.0 Å². The average molecular weight is 246 g/mol. The van der Waals surface area contributed by atoms with Crippen molar-refractivity contribution in [1.29, 1.82) is 0 Å². The van der Waals surface area contributed by atoms with E-state index in [1.54, 1.807) is 24.3 Å². The van der Waals surface area contributed by atoms with Gasteiger partial charge in [-0.2, -0.15) is 0 Å². The Bertz CT molecular complexity index is 543. The summed E-state index contributed by atoms with van der Waals surface area (Å²) in [5, 5.41) is 3.06. The Hall–Kier alpha value is -1.94. The summed E-state index contributed by atoms with van der Waals surface area (Å²) in [5.41, 5.74) is 1.89. The summed E-state index contributed by atoms with van der Waals surface area (Å²) < 4.78 is 18.9. The zero-order valence-corrected chi connectivity index (χ0v) is 10.4. The molecule has 0 aliphatic carbocycles. The van der Waals surface area contributed by atoms with Crippen LogP contribution in [-0.4, -0.2) is 12.0 Å². The van der Waals surface area contributed by atoms with Gasteiger partial charge in [0.05, 0.1) is 0 Å². The third-order valence-electron chi connectivity index (χ3n) is 2.42. The topological polar surface area (TPSA) is 34.2 Å². The number of ether oxygens (including phenoxy) is 1. The normalized spacial score (nSPS) is 10.4. The molecule has 0 aliphatic heterocycles. The summed E-state index contributed by atoms with van der Waals surface area (Å²) in [7, 11) is 1.87. The van der Waals surface area contributed by atoms with E-state index in [1.165, 1.54) is 6.07 Å². The minimum absolute atomic E-state index is 0.186. The Morgan fingerprint density at radius 2 is 2.06 bits per heavy atom. The highest BCUT2D eigenvalue weighted by atomic mass is 19.1. The van der Waals surface area contributed by atoms with E-state index >= 15 is 0 Å². The lowest BCUT2D eigenvalue weighted by atomic mass is 10.2. The minimum atomic E-state index is -0.393. The van der Waals surface area contributed by atoms with Gasteiger partial charge in [-0.1, -0.05) is 12.1 Å². The number of hydrogen-bond acceptors (Lipinski definition) is 3. The first-order valence-corrected chi connectivity index (χ1v) is 5.73. The van der Waals surface area contributed by atoms with Crippen molar-refractivity contribution in [3.63, 3.8) is 0 Å². The van der Waals surface area contributed by atoms with Crippen molar-refractivity contribution in [1.82, 2.24) is 10.3 Å². The Labute approximate surface area is 106 Å². The first-order chi connectivity index (χ1) is 8.69. The van der Waals surface area contributed by atoms with Crippen LogP contribution in [0.25, 0.3) is 0 Å². The number of benzene rings is 1. The molecule has 18 heavy (non-hydrogen) atoms. The first kappa shape index (κ1) is 12.5. The van der Waals surface area contributed by atoms with E-state index in [-0.39, 0.29) is 5.75 Å². The Balaban J connectivity index is 2.26. The van der Waals surface area contributed by atoms with Gasteiger partial charge in [-0.15, -0.1) is 0 Å². The maximum absolute atomic E-state index is 13.5. The summed E-state index contributed by atoms with van der Waals surface area (Å²) in [6.45, 7) is 2.60. The molecule has 0 radical (unpaired) electrons.